The summed E-state index contributed by atoms with van der Waals surface area (Å²) >= 11 is 0. The Labute approximate surface area is 144 Å². The number of carbonyl (C=O) groups excluding carboxylic acids is 2. The Morgan fingerprint density at radius 1 is 0.917 bits per heavy atom. The van der Waals surface area contributed by atoms with Gasteiger partial charge in [0.15, 0.2) is 5.78 Å². The molecule has 0 amide bonds. The summed E-state index contributed by atoms with van der Waals surface area (Å²) in [7, 11) is 0. The van der Waals surface area contributed by atoms with Gasteiger partial charge in [-0.05, 0) is 43.7 Å². The van der Waals surface area contributed by atoms with Crippen LogP contribution in [-0.4, -0.2) is 25.0 Å². The van der Waals surface area contributed by atoms with Crippen LogP contribution in [0, 0.1) is 0 Å². The van der Waals surface area contributed by atoms with Crippen molar-refractivity contribution in [3.63, 3.8) is 0 Å². The van der Waals surface area contributed by atoms with E-state index in [1.807, 2.05) is 0 Å². The van der Waals surface area contributed by atoms with Crippen molar-refractivity contribution in [1.82, 2.24) is 0 Å². The van der Waals surface area contributed by atoms with Crippen LogP contribution in [0.15, 0.2) is 36.4 Å². The highest BCUT2D eigenvalue weighted by atomic mass is 16.5. The molecule has 132 valence electrons. The summed E-state index contributed by atoms with van der Waals surface area (Å²) in [5, 5.41) is 0. The number of ether oxygens (including phenoxy) is 2. The van der Waals surface area contributed by atoms with Gasteiger partial charge < -0.3 is 9.47 Å². The molecule has 0 saturated carbocycles. The number of ketones is 1. The van der Waals surface area contributed by atoms with Gasteiger partial charge in [0.05, 0.1) is 13.2 Å². The average Bonchev–Trinajstić information content (AvgIpc) is 2.59. The summed E-state index contributed by atoms with van der Waals surface area (Å²) in [5.74, 6) is 0.0183. The van der Waals surface area contributed by atoms with Gasteiger partial charge in [-0.2, -0.15) is 0 Å². The number of esters is 1. The number of unbranched alkanes of at least 4 members (excludes halogenated alkanes) is 5. The van der Waals surface area contributed by atoms with Crippen LogP contribution < -0.4 is 4.74 Å². The van der Waals surface area contributed by atoms with E-state index in [-0.39, 0.29) is 5.78 Å². The van der Waals surface area contributed by atoms with Gasteiger partial charge in [0, 0.05) is 11.6 Å². The first-order valence-corrected chi connectivity index (χ1v) is 8.79. The van der Waals surface area contributed by atoms with Gasteiger partial charge in [-0.3, -0.25) is 4.79 Å². The van der Waals surface area contributed by atoms with Gasteiger partial charge in [-0.25, -0.2) is 4.79 Å². The molecule has 1 rings (SSSR count). The minimum absolute atomic E-state index is 0.231. The first-order chi connectivity index (χ1) is 11.7. The Balaban J connectivity index is 2.32. The summed E-state index contributed by atoms with van der Waals surface area (Å²) in [4.78, 5) is 23.1. The molecular weight excluding hydrogens is 304 g/mol. The van der Waals surface area contributed by atoms with Crippen molar-refractivity contribution >= 4 is 11.8 Å². The predicted octanol–water partition coefficient (Wildman–Crippen LogP) is 4.73. The minimum atomic E-state index is -0.509. The summed E-state index contributed by atoms with van der Waals surface area (Å²) in [6.07, 6.45) is 9.74. The Morgan fingerprint density at radius 2 is 1.58 bits per heavy atom. The van der Waals surface area contributed by atoms with Gasteiger partial charge in [0.1, 0.15) is 5.75 Å². The van der Waals surface area contributed by atoms with E-state index in [0.29, 0.717) is 18.8 Å². The molecule has 0 saturated heterocycles. The second-order valence-corrected chi connectivity index (χ2v) is 5.59. The first-order valence-electron chi connectivity index (χ1n) is 8.79. The molecule has 0 fully saturated rings. The van der Waals surface area contributed by atoms with Crippen LogP contribution in [0.1, 0.15) is 62.7 Å². The average molecular weight is 332 g/mol. The molecule has 0 aliphatic rings. The fourth-order valence-electron chi connectivity index (χ4n) is 2.22. The lowest BCUT2D eigenvalue weighted by atomic mass is 10.1. The highest BCUT2D eigenvalue weighted by Gasteiger charge is 2.04. The van der Waals surface area contributed by atoms with Crippen molar-refractivity contribution in [1.29, 1.82) is 0 Å². The summed E-state index contributed by atoms with van der Waals surface area (Å²) in [6.45, 7) is 4.92. The van der Waals surface area contributed by atoms with Crippen molar-refractivity contribution in [3.8, 4) is 5.75 Å². The van der Waals surface area contributed by atoms with Crippen LogP contribution in [0.3, 0.4) is 0 Å². The molecule has 0 spiro atoms. The second-order valence-electron chi connectivity index (χ2n) is 5.59. The molecule has 0 unspecified atom stereocenters. The van der Waals surface area contributed by atoms with E-state index in [9.17, 15) is 9.59 Å². The van der Waals surface area contributed by atoms with E-state index in [0.717, 1.165) is 18.2 Å². The number of benzene rings is 1. The smallest absolute Gasteiger partial charge is 0.330 e. The third-order valence-corrected chi connectivity index (χ3v) is 3.56. The Hall–Kier alpha value is -2.10. The fourth-order valence-corrected chi connectivity index (χ4v) is 2.22. The maximum Gasteiger partial charge on any atom is 0.330 e. The largest absolute Gasteiger partial charge is 0.494 e. The third kappa shape index (κ3) is 8.51. The zero-order chi connectivity index (χ0) is 17.6. The molecule has 0 atom stereocenters. The molecule has 0 aliphatic heterocycles. The van der Waals surface area contributed by atoms with E-state index >= 15 is 0 Å². The highest BCUT2D eigenvalue weighted by molar-refractivity contribution is 6.07. The summed E-state index contributed by atoms with van der Waals surface area (Å²) in [6, 6.07) is 6.97. The van der Waals surface area contributed by atoms with E-state index in [1.165, 1.54) is 38.2 Å². The van der Waals surface area contributed by atoms with Gasteiger partial charge in [0.25, 0.3) is 0 Å². The molecule has 0 radical (unpaired) electrons. The van der Waals surface area contributed by atoms with E-state index in [2.05, 4.69) is 6.92 Å². The molecule has 0 heterocycles. The maximum absolute atomic E-state index is 11.9. The van der Waals surface area contributed by atoms with Crippen molar-refractivity contribution in [2.45, 2.75) is 52.4 Å². The molecule has 0 aliphatic carbocycles. The third-order valence-electron chi connectivity index (χ3n) is 3.56. The zero-order valence-electron chi connectivity index (χ0n) is 14.8. The summed E-state index contributed by atoms with van der Waals surface area (Å²) in [5.41, 5.74) is 0.516. The maximum atomic E-state index is 11.9. The fraction of sp³-hybridized carbons (Fsp3) is 0.500. The molecule has 0 N–H and O–H groups in total. The SMILES string of the molecule is CCCCCCCCOc1ccc(C(=O)C=CC(=O)OCC)cc1. The van der Waals surface area contributed by atoms with Crippen molar-refractivity contribution in [2.24, 2.45) is 0 Å². The topological polar surface area (TPSA) is 52.6 Å². The molecule has 24 heavy (non-hydrogen) atoms. The molecule has 1 aromatic carbocycles. The molecule has 4 nitrogen and oxygen atoms in total. The predicted molar refractivity (Wildman–Crippen MR) is 95.4 cm³/mol. The standard InChI is InChI=1S/C20H28O4/c1-3-5-6-7-8-9-16-24-18-12-10-17(11-13-18)19(21)14-15-20(22)23-4-2/h10-15H,3-9,16H2,1-2H3. The highest BCUT2D eigenvalue weighted by Crippen LogP contribution is 2.14. The van der Waals surface area contributed by atoms with Crippen LogP contribution in [0.2, 0.25) is 0 Å². The van der Waals surface area contributed by atoms with Crippen LogP contribution in [0.25, 0.3) is 0 Å². The molecule has 0 bridgehead atoms. The lowest BCUT2D eigenvalue weighted by Gasteiger charge is -2.06. The number of rotatable bonds is 12. The monoisotopic (exact) mass is 332 g/mol. The van der Waals surface area contributed by atoms with E-state index < -0.39 is 5.97 Å². The Bertz CT molecular complexity index is 517. The van der Waals surface area contributed by atoms with Crippen molar-refractivity contribution in [2.75, 3.05) is 13.2 Å². The van der Waals surface area contributed by atoms with Crippen LogP contribution in [-0.2, 0) is 9.53 Å². The Kier molecular flexibility index (Phi) is 10.3. The first kappa shape index (κ1) is 19.9. The Morgan fingerprint density at radius 3 is 2.25 bits per heavy atom. The lowest BCUT2D eigenvalue weighted by molar-refractivity contribution is -0.137. The normalized spacial score (nSPS) is 10.8. The molecule has 4 heteroatoms. The van der Waals surface area contributed by atoms with Gasteiger partial charge in [-0.15, -0.1) is 0 Å². The minimum Gasteiger partial charge on any atom is -0.494 e. The quantitative estimate of drug-likeness (QED) is 0.240. The van der Waals surface area contributed by atoms with E-state index in [4.69, 9.17) is 9.47 Å². The van der Waals surface area contributed by atoms with Crippen molar-refractivity contribution in [3.05, 3.63) is 42.0 Å². The zero-order valence-corrected chi connectivity index (χ0v) is 14.8. The number of hydrogen-bond acceptors (Lipinski definition) is 4. The van der Waals surface area contributed by atoms with Crippen LogP contribution in [0.4, 0.5) is 0 Å². The van der Waals surface area contributed by atoms with Crippen LogP contribution in [0.5, 0.6) is 5.75 Å². The number of carbonyl (C=O) groups is 2. The van der Waals surface area contributed by atoms with Crippen LogP contribution >= 0.6 is 0 Å². The number of allylic oxidation sites excluding steroid dienone is 1. The van der Waals surface area contributed by atoms with E-state index in [1.54, 1.807) is 31.2 Å². The van der Waals surface area contributed by atoms with Gasteiger partial charge in [0.2, 0.25) is 0 Å². The van der Waals surface area contributed by atoms with Gasteiger partial charge in [-0.1, -0.05) is 39.0 Å². The molecular formula is C20H28O4. The van der Waals surface area contributed by atoms with Gasteiger partial charge >= 0.3 is 5.97 Å². The lowest BCUT2D eigenvalue weighted by Crippen LogP contribution is -2.02. The van der Waals surface area contributed by atoms with Crippen molar-refractivity contribution < 1.29 is 19.1 Å². The molecule has 0 aromatic heterocycles. The number of hydrogen-bond donors (Lipinski definition) is 0. The molecule has 1 aromatic rings. The summed E-state index contributed by atoms with van der Waals surface area (Å²) < 4.78 is 10.4. The second kappa shape index (κ2) is 12.3.